The van der Waals surface area contributed by atoms with Crippen LogP contribution in [0.5, 0.6) is 5.48 Å². The fraction of sp³-hybridized carbons (Fsp3) is 0.556. The second kappa shape index (κ2) is 3.97. The van der Waals surface area contributed by atoms with Crippen molar-refractivity contribution in [3.05, 3.63) is 17.9 Å². The number of quaternary nitrogens is 1. The van der Waals surface area contributed by atoms with Gasteiger partial charge in [0.1, 0.15) is 18.6 Å². The molecular weight excluding hydrogens is 169 g/mol. The minimum absolute atomic E-state index is 0.744. The van der Waals surface area contributed by atoms with Gasteiger partial charge in [0.15, 0.2) is 0 Å². The van der Waals surface area contributed by atoms with Gasteiger partial charge in [-0.15, -0.1) is 0 Å². The highest BCUT2D eigenvalue weighted by Gasteiger charge is 2.05. The van der Waals surface area contributed by atoms with E-state index < -0.39 is 0 Å². The maximum atomic E-state index is 5.57. The molecule has 0 aromatic carbocycles. The molecule has 1 unspecified atom stereocenters. The highest BCUT2D eigenvalue weighted by molar-refractivity contribution is 7.31. The average Bonchev–Trinajstić information content (AvgIpc) is 2.36. The third kappa shape index (κ3) is 3.80. The Bertz CT molecular complexity index is 213. The second-order valence-electron chi connectivity index (χ2n) is 3.90. The third-order valence-electron chi connectivity index (χ3n) is 1.59. The van der Waals surface area contributed by atoms with Crippen LogP contribution in [0.4, 0.5) is 0 Å². The predicted octanol–water partition coefficient (Wildman–Crippen LogP) is 1.80. The summed E-state index contributed by atoms with van der Waals surface area (Å²) in [6, 6.07) is 4.10. The highest BCUT2D eigenvalue weighted by atomic mass is 31.0. The van der Waals surface area contributed by atoms with Gasteiger partial charge >= 0.3 is 0 Å². The van der Waals surface area contributed by atoms with E-state index in [-0.39, 0.29) is 0 Å². The summed E-state index contributed by atoms with van der Waals surface area (Å²) in [4.78, 5) is 0. The maximum absolute atomic E-state index is 5.57. The van der Waals surface area contributed by atoms with Gasteiger partial charge in [-0.05, 0) is 11.9 Å². The predicted molar refractivity (Wildman–Crippen MR) is 54.3 cm³/mol. The Morgan fingerprint density at radius 3 is 2.67 bits per heavy atom. The van der Waals surface area contributed by atoms with Crippen molar-refractivity contribution in [2.75, 3.05) is 34.3 Å². The molecule has 0 N–H and O–H groups in total. The Morgan fingerprint density at radius 1 is 1.42 bits per heavy atom. The van der Waals surface area contributed by atoms with E-state index in [1.807, 2.05) is 6.07 Å². The molecule has 0 aliphatic rings. The number of hydrogen-bond acceptors (Lipinski definition) is 1. The lowest BCUT2D eigenvalue weighted by Crippen LogP contribution is -2.38. The molecule has 1 rings (SSSR count). The van der Waals surface area contributed by atoms with E-state index >= 15 is 0 Å². The van der Waals surface area contributed by atoms with Crippen molar-refractivity contribution in [1.29, 1.82) is 0 Å². The lowest BCUT2D eigenvalue weighted by Gasteiger charge is -2.23. The first-order valence-corrected chi connectivity index (χ1v) is 5.22. The van der Waals surface area contributed by atoms with Crippen LogP contribution in [-0.4, -0.2) is 38.8 Å². The molecule has 68 valence electrons. The number of rotatable bonds is 4. The van der Waals surface area contributed by atoms with E-state index in [1.165, 1.54) is 0 Å². The first-order chi connectivity index (χ1) is 5.58. The molecule has 1 aromatic heterocycles. The fourth-order valence-corrected chi connectivity index (χ4v) is 1.57. The average molecular weight is 186 g/mol. The number of nitrogens with zero attached hydrogens (tertiary/aromatic N) is 1. The Kier molecular flexibility index (Phi) is 3.19. The van der Waals surface area contributed by atoms with Crippen molar-refractivity contribution in [3.63, 3.8) is 0 Å². The van der Waals surface area contributed by atoms with Crippen LogP contribution in [0.25, 0.3) is 0 Å². The van der Waals surface area contributed by atoms with Crippen LogP contribution >= 0.6 is 8.19 Å². The fourth-order valence-electron chi connectivity index (χ4n) is 0.833. The molecule has 0 spiro atoms. The first-order valence-electron chi connectivity index (χ1n) is 4.14. The third-order valence-corrected chi connectivity index (χ3v) is 2.54. The molecule has 0 aliphatic heterocycles. The summed E-state index contributed by atoms with van der Waals surface area (Å²) >= 11 is 0. The first kappa shape index (κ1) is 9.63. The number of ether oxygens (including phenoxy) is 1. The lowest BCUT2D eigenvalue weighted by molar-refractivity contribution is -0.870. The van der Waals surface area contributed by atoms with Crippen LogP contribution in [0.1, 0.15) is 0 Å². The van der Waals surface area contributed by atoms with Gasteiger partial charge < -0.3 is 9.22 Å². The van der Waals surface area contributed by atoms with Crippen molar-refractivity contribution >= 4 is 8.19 Å². The number of likely N-dealkylation sites (N-methyl/N-ethyl adjacent to an activating group) is 1. The van der Waals surface area contributed by atoms with Crippen molar-refractivity contribution < 1.29 is 9.22 Å². The molecular formula is C9H17NOP+. The molecule has 0 bridgehead atoms. The van der Waals surface area contributed by atoms with E-state index in [2.05, 4.69) is 33.0 Å². The lowest BCUT2D eigenvalue weighted by atomic mass is 10.5. The minimum Gasteiger partial charge on any atom is -0.484 e. The van der Waals surface area contributed by atoms with Gasteiger partial charge in [0.2, 0.25) is 0 Å². The van der Waals surface area contributed by atoms with Crippen LogP contribution in [0.3, 0.4) is 0 Å². The van der Waals surface area contributed by atoms with Crippen LogP contribution < -0.4 is 4.74 Å². The summed E-state index contributed by atoms with van der Waals surface area (Å²) in [7, 11) is 7.27. The normalized spacial score (nSPS) is 12.2. The minimum atomic E-state index is 0.744. The summed E-state index contributed by atoms with van der Waals surface area (Å²) in [6.45, 7) is 1.88. The monoisotopic (exact) mass is 186 g/mol. The number of hydrogen-bond donors (Lipinski definition) is 0. The van der Waals surface area contributed by atoms with E-state index in [1.54, 1.807) is 0 Å². The summed E-state index contributed by atoms with van der Waals surface area (Å²) in [5, 5.41) is 0. The smallest absolute Gasteiger partial charge is 0.137 e. The summed E-state index contributed by atoms with van der Waals surface area (Å²) < 4.78 is 6.54. The molecule has 0 aliphatic carbocycles. The molecule has 1 heterocycles. The van der Waals surface area contributed by atoms with Gasteiger partial charge in [-0.2, -0.15) is 0 Å². The van der Waals surface area contributed by atoms with Gasteiger partial charge in [-0.1, -0.05) is 14.3 Å². The molecule has 1 aromatic rings. The standard InChI is InChI=1S/C9H17NOP/c1-10(2,3)6-7-11-9-5-4-8-12-9/h4-5,8,12H,6-7H2,1-3H3/q+1. The quantitative estimate of drug-likeness (QED) is 0.651. The highest BCUT2D eigenvalue weighted by Crippen LogP contribution is 2.23. The molecule has 0 saturated carbocycles. The van der Waals surface area contributed by atoms with Crippen molar-refractivity contribution in [2.45, 2.75) is 0 Å². The van der Waals surface area contributed by atoms with Crippen LogP contribution in [0, 0.1) is 0 Å². The van der Waals surface area contributed by atoms with Crippen LogP contribution in [0.15, 0.2) is 17.9 Å². The zero-order chi connectivity index (χ0) is 9.03. The largest absolute Gasteiger partial charge is 0.484 e. The molecule has 1 atom stereocenters. The van der Waals surface area contributed by atoms with Gasteiger partial charge in [0, 0.05) is 0 Å². The van der Waals surface area contributed by atoms with Gasteiger partial charge in [-0.3, -0.25) is 0 Å². The summed E-state index contributed by atoms with van der Waals surface area (Å²) in [5.74, 6) is 2.14. The molecule has 0 amide bonds. The Hall–Kier alpha value is -0.460. The van der Waals surface area contributed by atoms with E-state index in [0.717, 1.165) is 31.3 Å². The van der Waals surface area contributed by atoms with Gasteiger partial charge in [0.05, 0.1) is 21.1 Å². The molecule has 12 heavy (non-hydrogen) atoms. The van der Waals surface area contributed by atoms with E-state index in [9.17, 15) is 0 Å². The zero-order valence-corrected chi connectivity index (χ0v) is 9.00. The molecule has 0 fully saturated rings. The van der Waals surface area contributed by atoms with E-state index in [4.69, 9.17) is 4.74 Å². The van der Waals surface area contributed by atoms with Crippen molar-refractivity contribution in [1.82, 2.24) is 0 Å². The molecule has 3 heteroatoms. The SMILES string of the molecule is C[N+](C)(C)CCOc1ccc[pH]1. The zero-order valence-electron chi connectivity index (χ0n) is 8.00. The Morgan fingerprint density at radius 2 is 2.17 bits per heavy atom. The van der Waals surface area contributed by atoms with Crippen molar-refractivity contribution in [3.8, 4) is 5.48 Å². The van der Waals surface area contributed by atoms with Gasteiger partial charge in [-0.25, -0.2) is 0 Å². The molecule has 2 nitrogen and oxygen atoms in total. The maximum Gasteiger partial charge on any atom is 0.137 e. The van der Waals surface area contributed by atoms with Crippen molar-refractivity contribution in [2.24, 2.45) is 0 Å². The van der Waals surface area contributed by atoms with E-state index in [0.29, 0.717) is 0 Å². The summed E-state index contributed by atoms with van der Waals surface area (Å²) in [6.07, 6.45) is 0. The Balaban J connectivity index is 2.20. The topological polar surface area (TPSA) is 9.23 Å². The van der Waals surface area contributed by atoms with Gasteiger partial charge in [0.25, 0.3) is 0 Å². The summed E-state index contributed by atoms with van der Waals surface area (Å²) in [5.41, 5.74) is 1.13. The molecule has 0 saturated heterocycles. The second-order valence-corrected chi connectivity index (χ2v) is 5.01. The van der Waals surface area contributed by atoms with Crippen LogP contribution in [-0.2, 0) is 0 Å². The van der Waals surface area contributed by atoms with Crippen LogP contribution in [0.2, 0.25) is 0 Å². The molecule has 0 radical (unpaired) electrons. The Labute approximate surface area is 75.8 Å².